The number of anilines is 1. The van der Waals surface area contributed by atoms with Crippen LogP contribution in [0.25, 0.3) is 0 Å². The second kappa shape index (κ2) is 6.02. The molecule has 0 aliphatic heterocycles. The van der Waals surface area contributed by atoms with Gasteiger partial charge in [-0.3, -0.25) is 9.89 Å². The van der Waals surface area contributed by atoms with Crippen LogP contribution in [-0.4, -0.2) is 37.7 Å². The highest BCUT2D eigenvalue weighted by molar-refractivity contribution is 7.89. The summed E-state index contributed by atoms with van der Waals surface area (Å²) in [6.07, 6.45) is 1.41. The summed E-state index contributed by atoms with van der Waals surface area (Å²) in [5, 5.41) is 5.86. The van der Waals surface area contributed by atoms with Crippen LogP contribution in [0.5, 0.6) is 0 Å². The molecule has 108 valence electrons. The van der Waals surface area contributed by atoms with Crippen molar-refractivity contribution < 1.29 is 17.9 Å². The van der Waals surface area contributed by atoms with Crippen LogP contribution in [0.15, 0.2) is 11.1 Å². The number of aromatic nitrogens is 2. The maximum Gasteiger partial charge on any atom is 0.323 e. The van der Waals surface area contributed by atoms with Crippen molar-refractivity contribution in [2.75, 3.05) is 12.8 Å². The minimum absolute atomic E-state index is 0.0827. The van der Waals surface area contributed by atoms with Gasteiger partial charge in [0.15, 0.2) is 0 Å². The van der Waals surface area contributed by atoms with Gasteiger partial charge >= 0.3 is 5.97 Å². The van der Waals surface area contributed by atoms with Gasteiger partial charge in [0.25, 0.3) is 0 Å². The Morgan fingerprint density at radius 1 is 1.58 bits per heavy atom. The number of nitrogen functional groups attached to an aromatic ring is 1. The molecule has 1 rings (SSSR count). The predicted octanol–water partition coefficient (Wildman–Crippen LogP) is -0.142. The maximum absolute atomic E-state index is 12.1. The molecule has 19 heavy (non-hydrogen) atoms. The Labute approximate surface area is 111 Å². The van der Waals surface area contributed by atoms with Gasteiger partial charge in [0.1, 0.15) is 16.8 Å². The SMILES string of the molecule is COC(=O)C(CC(C)C)NS(=O)(=O)c1cn[nH]c1N. The first-order valence-electron chi connectivity index (χ1n) is 5.67. The van der Waals surface area contributed by atoms with E-state index >= 15 is 0 Å². The summed E-state index contributed by atoms with van der Waals surface area (Å²) in [5.41, 5.74) is 5.46. The third kappa shape index (κ3) is 3.93. The van der Waals surface area contributed by atoms with Crippen LogP contribution in [-0.2, 0) is 19.6 Å². The Balaban J connectivity index is 2.96. The van der Waals surface area contributed by atoms with Crippen molar-refractivity contribution in [3.05, 3.63) is 6.20 Å². The van der Waals surface area contributed by atoms with Crippen molar-refractivity contribution in [2.24, 2.45) is 5.92 Å². The molecule has 8 nitrogen and oxygen atoms in total. The van der Waals surface area contributed by atoms with Crippen LogP contribution in [0.2, 0.25) is 0 Å². The zero-order valence-electron chi connectivity index (χ0n) is 11.0. The van der Waals surface area contributed by atoms with Gasteiger partial charge in [-0.2, -0.15) is 9.82 Å². The zero-order valence-corrected chi connectivity index (χ0v) is 11.8. The topological polar surface area (TPSA) is 127 Å². The number of nitrogens with one attached hydrogen (secondary N) is 2. The molecule has 1 aromatic heterocycles. The van der Waals surface area contributed by atoms with Gasteiger partial charge in [0.2, 0.25) is 10.0 Å². The second-order valence-electron chi connectivity index (χ2n) is 4.47. The van der Waals surface area contributed by atoms with Crippen LogP contribution in [0.4, 0.5) is 5.82 Å². The van der Waals surface area contributed by atoms with Crippen LogP contribution in [0.3, 0.4) is 0 Å². The highest BCUT2D eigenvalue weighted by atomic mass is 32.2. The number of sulfonamides is 1. The Hall–Kier alpha value is -1.61. The molecule has 1 aromatic rings. The van der Waals surface area contributed by atoms with E-state index in [0.717, 1.165) is 6.20 Å². The van der Waals surface area contributed by atoms with Gasteiger partial charge in [0.05, 0.1) is 13.3 Å². The average Bonchev–Trinajstić information content (AvgIpc) is 2.73. The van der Waals surface area contributed by atoms with E-state index in [2.05, 4.69) is 19.7 Å². The molecule has 0 saturated heterocycles. The summed E-state index contributed by atoms with van der Waals surface area (Å²) >= 11 is 0. The number of nitrogens with zero attached hydrogens (tertiary/aromatic N) is 1. The van der Waals surface area contributed by atoms with Gasteiger partial charge in [-0.15, -0.1) is 0 Å². The number of methoxy groups -OCH3 is 1. The zero-order chi connectivity index (χ0) is 14.6. The molecule has 9 heteroatoms. The molecule has 0 amide bonds. The highest BCUT2D eigenvalue weighted by Crippen LogP contribution is 2.16. The molecule has 0 bridgehead atoms. The Bertz CT molecular complexity index is 537. The van der Waals surface area contributed by atoms with Crippen molar-refractivity contribution in [2.45, 2.75) is 31.2 Å². The molecule has 0 aliphatic rings. The van der Waals surface area contributed by atoms with Gasteiger partial charge in [0, 0.05) is 0 Å². The minimum Gasteiger partial charge on any atom is -0.468 e. The van der Waals surface area contributed by atoms with E-state index in [9.17, 15) is 13.2 Å². The van der Waals surface area contributed by atoms with Gasteiger partial charge in [-0.1, -0.05) is 13.8 Å². The summed E-state index contributed by atoms with van der Waals surface area (Å²) < 4.78 is 31.0. The summed E-state index contributed by atoms with van der Waals surface area (Å²) in [4.78, 5) is 11.4. The number of ether oxygens (including phenoxy) is 1. The number of aromatic amines is 1. The number of carbonyl (C=O) groups excluding carboxylic acids is 1. The average molecular weight is 290 g/mol. The number of carbonyl (C=O) groups is 1. The lowest BCUT2D eigenvalue weighted by molar-refractivity contribution is -0.143. The van der Waals surface area contributed by atoms with Gasteiger partial charge in [-0.05, 0) is 12.3 Å². The first-order valence-corrected chi connectivity index (χ1v) is 7.15. The quantitative estimate of drug-likeness (QED) is 0.626. The Morgan fingerprint density at radius 2 is 2.21 bits per heavy atom. The molecule has 0 aromatic carbocycles. The Kier molecular flexibility index (Phi) is 4.90. The molecule has 4 N–H and O–H groups in total. The monoisotopic (exact) mass is 290 g/mol. The number of hydrogen-bond acceptors (Lipinski definition) is 6. The Morgan fingerprint density at radius 3 is 2.63 bits per heavy atom. The number of H-pyrrole nitrogens is 1. The number of esters is 1. The van der Waals surface area contributed by atoms with Crippen molar-refractivity contribution in [1.82, 2.24) is 14.9 Å². The summed E-state index contributed by atoms with van der Waals surface area (Å²) in [7, 11) is -2.71. The molecule has 1 atom stereocenters. The number of nitrogens with two attached hydrogens (primary N) is 1. The third-order valence-electron chi connectivity index (χ3n) is 2.41. The lowest BCUT2D eigenvalue weighted by Gasteiger charge is -2.17. The van der Waals surface area contributed by atoms with E-state index in [1.807, 2.05) is 13.8 Å². The van der Waals surface area contributed by atoms with E-state index in [1.54, 1.807) is 0 Å². The van der Waals surface area contributed by atoms with Crippen LogP contribution in [0.1, 0.15) is 20.3 Å². The fraction of sp³-hybridized carbons (Fsp3) is 0.600. The first-order chi connectivity index (χ1) is 8.77. The van der Waals surface area contributed by atoms with E-state index in [1.165, 1.54) is 7.11 Å². The van der Waals surface area contributed by atoms with E-state index < -0.39 is 22.0 Å². The minimum atomic E-state index is -3.92. The normalized spacial score (nSPS) is 13.5. The fourth-order valence-corrected chi connectivity index (χ4v) is 2.78. The molecule has 1 heterocycles. The highest BCUT2D eigenvalue weighted by Gasteiger charge is 2.29. The molecule has 1 unspecified atom stereocenters. The van der Waals surface area contributed by atoms with Crippen molar-refractivity contribution in [3.63, 3.8) is 0 Å². The first kappa shape index (κ1) is 15.4. The predicted molar refractivity (Wildman–Crippen MR) is 68.6 cm³/mol. The van der Waals surface area contributed by atoms with Crippen molar-refractivity contribution in [1.29, 1.82) is 0 Å². The van der Waals surface area contributed by atoms with Crippen molar-refractivity contribution in [3.8, 4) is 0 Å². The van der Waals surface area contributed by atoms with Crippen LogP contribution >= 0.6 is 0 Å². The second-order valence-corrected chi connectivity index (χ2v) is 6.16. The standard InChI is InChI=1S/C10H18N4O4S/c1-6(2)4-7(10(15)18-3)14-19(16,17)8-5-12-13-9(8)11/h5-7,14H,4H2,1-3H3,(H3,11,12,13). The molecule has 0 spiro atoms. The van der Waals surface area contributed by atoms with Gasteiger partial charge in [-0.25, -0.2) is 8.42 Å². The van der Waals surface area contributed by atoms with E-state index in [0.29, 0.717) is 6.42 Å². The maximum atomic E-state index is 12.1. The summed E-state index contributed by atoms with van der Waals surface area (Å²) in [6.45, 7) is 3.74. The summed E-state index contributed by atoms with van der Waals surface area (Å²) in [5.74, 6) is -0.603. The van der Waals surface area contributed by atoms with E-state index in [-0.39, 0.29) is 16.6 Å². The van der Waals surface area contributed by atoms with Crippen LogP contribution in [0, 0.1) is 5.92 Å². The molecule has 0 fully saturated rings. The smallest absolute Gasteiger partial charge is 0.323 e. The van der Waals surface area contributed by atoms with Gasteiger partial charge < -0.3 is 10.5 Å². The molecule has 0 aliphatic carbocycles. The molecular formula is C10H18N4O4S. The lowest BCUT2D eigenvalue weighted by atomic mass is 10.1. The number of rotatable bonds is 6. The lowest BCUT2D eigenvalue weighted by Crippen LogP contribution is -2.42. The van der Waals surface area contributed by atoms with Crippen molar-refractivity contribution >= 4 is 21.8 Å². The van der Waals surface area contributed by atoms with Crippen LogP contribution < -0.4 is 10.5 Å². The molecular weight excluding hydrogens is 272 g/mol. The van der Waals surface area contributed by atoms with E-state index in [4.69, 9.17) is 5.73 Å². The third-order valence-corrected chi connectivity index (χ3v) is 3.91. The molecule has 0 saturated carbocycles. The fourth-order valence-electron chi connectivity index (χ4n) is 1.56. The largest absolute Gasteiger partial charge is 0.468 e. The number of hydrogen-bond donors (Lipinski definition) is 3. The molecule has 0 radical (unpaired) electrons. The summed E-state index contributed by atoms with van der Waals surface area (Å²) in [6, 6.07) is -0.954.